The molecule has 0 amide bonds. The van der Waals surface area contributed by atoms with E-state index in [0.717, 1.165) is 0 Å². The number of hydrogen-bond acceptors (Lipinski definition) is 2. The van der Waals surface area contributed by atoms with Gasteiger partial charge in [-0.25, -0.2) is 0 Å². The van der Waals surface area contributed by atoms with Crippen LogP contribution in [-0.4, -0.2) is 7.05 Å². The van der Waals surface area contributed by atoms with Crippen LogP contribution in [0.5, 0.6) is 0 Å². The molecule has 0 aromatic carbocycles. The first-order valence-electron chi connectivity index (χ1n) is 3.28. The smallest absolute Gasteiger partial charge is 0.00172 e. The second kappa shape index (κ2) is 48.0. The van der Waals surface area contributed by atoms with Gasteiger partial charge in [-0.2, -0.15) is 0 Å². The minimum absolute atomic E-state index is 1.65. The van der Waals surface area contributed by atoms with Crippen LogP contribution in [0, 0.1) is 0 Å². The van der Waals surface area contributed by atoms with Crippen molar-refractivity contribution in [2.24, 2.45) is 5.84 Å². The third-order valence-electron chi connectivity index (χ3n) is 0.333. The highest BCUT2D eigenvalue weighted by Crippen LogP contribution is 1.57. The first-order chi connectivity index (χ1) is 4.33. The summed E-state index contributed by atoms with van der Waals surface area (Å²) in [7, 11) is 1.65. The Morgan fingerprint density at radius 3 is 1.22 bits per heavy atom. The Balaban J connectivity index is -0.0000000646. The molecule has 0 radical (unpaired) electrons. The molecule has 0 fully saturated rings. The Kier molecular flexibility index (Phi) is 84.6. The van der Waals surface area contributed by atoms with Gasteiger partial charge in [-0.1, -0.05) is 26.0 Å². The molecule has 0 aromatic rings. The van der Waals surface area contributed by atoms with Crippen molar-refractivity contribution in [1.29, 1.82) is 0 Å². The topological polar surface area (TPSA) is 38.0 Å². The predicted molar refractivity (Wildman–Crippen MR) is 45.1 cm³/mol. The highest BCUT2D eigenvalue weighted by Gasteiger charge is 1.34. The molecule has 0 unspecified atom stereocenters. The third-order valence-corrected chi connectivity index (χ3v) is 0.333. The summed E-state index contributed by atoms with van der Waals surface area (Å²) in [6.45, 7) is 8.00. The summed E-state index contributed by atoms with van der Waals surface area (Å²) in [6.07, 6.45) is 4.00. The molecule has 0 aromatic heterocycles. The van der Waals surface area contributed by atoms with E-state index >= 15 is 0 Å². The molecule has 0 saturated carbocycles. The average molecular weight is 132 g/mol. The van der Waals surface area contributed by atoms with Crippen LogP contribution in [0.1, 0.15) is 27.7 Å². The first-order valence-corrected chi connectivity index (χ1v) is 3.28. The van der Waals surface area contributed by atoms with Gasteiger partial charge in [-0.3, -0.25) is 11.3 Å². The van der Waals surface area contributed by atoms with Crippen LogP contribution in [0.15, 0.2) is 12.2 Å². The standard InChI is InChI=1S/C4H8.C2H6.CH6N2/c1-3-4-2;1-2;1-3-2/h3-4H,1-2H3;1-2H3;3H,2H2,1H3/b4-3-;;. The van der Waals surface area contributed by atoms with Crippen LogP contribution in [0.3, 0.4) is 0 Å². The largest absolute Gasteiger partial charge is 0.272 e. The molecule has 2 heteroatoms. The number of hydrazine groups is 1. The van der Waals surface area contributed by atoms with E-state index in [2.05, 4.69) is 11.3 Å². The Labute approximate surface area is 59.1 Å². The van der Waals surface area contributed by atoms with E-state index in [1.54, 1.807) is 7.05 Å². The Morgan fingerprint density at radius 2 is 1.22 bits per heavy atom. The molecule has 0 aliphatic rings. The van der Waals surface area contributed by atoms with Crippen molar-refractivity contribution in [2.45, 2.75) is 27.7 Å². The maximum absolute atomic E-state index is 4.60. The van der Waals surface area contributed by atoms with Crippen LogP contribution in [-0.2, 0) is 0 Å². The Morgan fingerprint density at radius 1 is 1.11 bits per heavy atom. The van der Waals surface area contributed by atoms with E-state index in [9.17, 15) is 0 Å². The van der Waals surface area contributed by atoms with Crippen molar-refractivity contribution >= 4 is 0 Å². The van der Waals surface area contributed by atoms with Crippen LogP contribution >= 0.6 is 0 Å². The summed E-state index contributed by atoms with van der Waals surface area (Å²) in [5, 5.41) is 0. The molecule has 0 atom stereocenters. The zero-order chi connectivity index (χ0) is 8.12. The SMILES string of the molecule is C/C=C\C.CC.CNN. The van der Waals surface area contributed by atoms with E-state index < -0.39 is 0 Å². The summed E-state index contributed by atoms with van der Waals surface area (Å²) in [6, 6.07) is 0. The number of allylic oxidation sites excluding steroid dienone is 2. The molecule has 0 spiro atoms. The quantitative estimate of drug-likeness (QED) is 0.299. The Bertz CT molecular complexity index is 29.9. The number of hydrogen-bond donors (Lipinski definition) is 2. The van der Waals surface area contributed by atoms with E-state index in [1.807, 2.05) is 39.8 Å². The lowest BCUT2D eigenvalue weighted by molar-refractivity contribution is 0.900. The molecule has 0 saturated heterocycles. The van der Waals surface area contributed by atoms with Crippen LogP contribution in [0.4, 0.5) is 0 Å². The highest BCUT2D eigenvalue weighted by molar-refractivity contribution is 4.68. The van der Waals surface area contributed by atoms with Gasteiger partial charge in [-0.15, -0.1) is 0 Å². The lowest BCUT2D eigenvalue weighted by Crippen LogP contribution is -2.13. The molecule has 0 bridgehead atoms. The maximum atomic E-state index is 4.60. The van der Waals surface area contributed by atoms with Gasteiger partial charge < -0.3 is 0 Å². The second-order valence-electron chi connectivity index (χ2n) is 0.955. The number of rotatable bonds is 0. The van der Waals surface area contributed by atoms with Gasteiger partial charge in [0.15, 0.2) is 0 Å². The Hall–Kier alpha value is -0.340. The van der Waals surface area contributed by atoms with Gasteiger partial charge in [0.05, 0.1) is 0 Å². The minimum Gasteiger partial charge on any atom is -0.272 e. The fourth-order valence-electron chi connectivity index (χ4n) is 0. The molecule has 2 nitrogen and oxygen atoms in total. The fraction of sp³-hybridized carbons (Fsp3) is 0.714. The molecular weight excluding hydrogens is 112 g/mol. The summed E-state index contributed by atoms with van der Waals surface area (Å²) >= 11 is 0. The van der Waals surface area contributed by atoms with E-state index in [0.29, 0.717) is 0 Å². The zero-order valence-corrected chi connectivity index (χ0v) is 7.23. The minimum atomic E-state index is 1.65. The van der Waals surface area contributed by atoms with Gasteiger partial charge in [0.2, 0.25) is 0 Å². The number of nitrogens with two attached hydrogens (primary N) is 1. The van der Waals surface area contributed by atoms with Gasteiger partial charge in [0, 0.05) is 0 Å². The molecule has 9 heavy (non-hydrogen) atoms. The van der Waals surface area contributed by atoms with Crippen LogP contribution < -0.4 is 11.3 Å². The van der Waals surface area contributed by atoms with Gasteiger partial charge in [0.25, 0.3) is 0 Å². The van der Waals surface area contributed by atoms with Crippen molar-refractivity contribution < 1.29 is 0 Å². The normalized spacial score (nSPS) is 6.89. The summed E-state index contributed by atoms with van der Waals surface area (Å²) < 4.78 is 0. The zero-order valence-electron chi connectivity index (χ0n) is 7.23. The monoisotopic (exact) mass is 132 g/mol. The van der Waals surface area contributed by atoms with Crippen molar-refractivity contribution in [1.82, 2.24) is 5.43 Å². The average Bonchev–Trinajstić information content (AvgIpc) is 1.94. The maximum Gasteiger partial charge on any atom is -0.00172 e. The summed E-state index contributed by atoms with van der Waals surface area (Å²) in [5.74, 6) is 4.60. The molecule has 0 aliphatic carbocycles. The molecule has 0 heterocycles. The molecule has 58 valence electrons. The van der Waals surface area contributed by atoms with Gasteiger partial charge >= 0.3 is 0 Å². The molecule has 0 aliphatic heterocycles. The van der Waals surface area contributed by atoms with Crippen molar-refractivity contribution in [3.63, 3.8) is 0 Å². The van der Waals surface area contributed by atoms with Crippen LogP contribution in [0.2, 0.25) is 0 Å². The second-order valence-corrected chi connectivity index (χ2v) is 0.955. The van der Waals surface area contributed by atoms with E-state index in [1.165, 1.54) is 0 Å². The molecular formula is C7H20N2. The summed E-state index contributed by atoms with van der Waals surface area (Å²) in [4.78, 5) is 0. The molecule has 3 N–H and O–H groups in total. The van der Waals surface area contributed by atoms with Crippen molar-refractivity contribution in [2.75, 3.05) is 7.05 Å². The predicted octanol–water partition coefficient (Wildman–Crippen LogP) is 1.69. The van der Waals surface area contributed by atoms with Crippen molar-refractivity contribution in [3.8, 4) is 0 Å². The fourth-order valence-corrected chi connectivity index (χ4v) is 0. The third kappa shape index (κ3) is 563. The first kappa shape index (κ1) is 15.9. The highest BCUT2D eigenvalue weighted by atomic mass is 15.2. The van der Waals surface area contributed by atoms with E-state index in [4.69, 9.17) is 0 Å². The summed E-state index contributed by atoms with van der Waals surface area (Å²) in [5.41, 5.74) is 2.25. The lowest BCUT2D eigenvalue weighted by Gasteiger charge is -1.62. The van der Waals surface area contributed by atoms with Crippen LogP contribution in [0.25, 0.3) is 0 Å². The van der Waals surface area contributed by atoms with Crippen molar-refractivity contribution in [3.05, 3.63) is 12.2 Å². The van der Waals surface area contributed by atoms with E-state index in [-0.39, 0.29) is 0 Å². The lowest BCUT2D eigenvalue weighted by atomic mass is 10.6. The van der Waals surface area contributed by atoms with Gasteiger partial charge in [-0.05, 0) is 20.9 Å². The van der Waals surface area contributed by atoms with Gasteiger partial charge in [0.1, 0.15) is 0 Å². The number of nitrogens with one attached hydrogen (secondary N) is 1. The molecule has 0 rings (SSSR count).